The van der Waals surface area contributed by atoms with E-state index in [1.165, 1.54) is 0 Å². The summed E-state index contributed by atoms with van der Waals surface area (Å²) < 4.78 is 5.62. The average molecular weight is 361 g/mol. The van der Waals surface area contributed by atoms with Gasteiger partial charge < -0.3 is 4.74 Å². The first-order valence-corrected chi connectivity index (χ1v) is 8.47. The number of benzene rings is 2. The van der Waals surface area contributed by atoms with Gasteiger partial charge in [0.05, 0.1) is 17.2 Å². The van der Waals surface area contributed by atoms with Gasteiger partial charge in [-0.05, 0) is 49.6 Å². The van der Waals surface area contributed by atoms with Crippen LogP contribution in [0.3, 0.4) is 0 Å². The molecule has 25 heavy (non-hydrogen) atoms. The van der Waals surface area contributed by atoms with Gasteiger partial charge in [-0.15, -0.1) is 0 Å². The molecule has 0 saturated heterocycles. The van der Waals surface area contributed by atoms with E-state index in [0.717, 1.165) is 17.7 Å². The molecule has 2 amide bonds. The fraction of sp³-hybridized carbons (Fsp3) is 0.263. The predicted molar refractivity (Wildman–Crippen MR) is 97.6 cm³/mol. The summed E-state index contributed by atoms with van der Waals surface area (Å²) in [4.78, 5) is 23.6. The highest BCUT2D eigenvalue weighted by Crippen LogP contribution is 2.14. The molecule has 2 N–H and O–H groups in total. The monoisotopic (exact) mass is 360 g/mol. The lowest BCUT2D eigenvalue weighted by Crippen LogP contribution is -2.41. The summed E-state index contributed by atoms with van der Waals surface area (Å²) in [6.07, 6.45) is 1.72. The second kappa shape index (κ2) is 9.69. The lowest BCUT2D eigenvalue weighted by atomic mass is 10.2. The van der Waals surface area contributed by atoms with Gasteiger partial charge in [-0.25, -0.2) is 0 Å². The molecule has 2 aromatic rings. The highest BCUT2D eigenvalue weighted by atomic mass is 35.5. The predicted octanol–water partition coefficient (Wildman–Crippen LogP) is 3.66. The number of hydrogen-bond donors (Lipinski definition) is 2. The van der Waals surface area contributed by atoms with E-state index in [-0.39, 0.29) is 5.91 Å². The number of amides is 2. The molecule has 0 atom stereocenters. The van der Waals surface area contributed by atoms with Crippen LogP contribution in [-0.2, 0) is 4.79 Å². The summed E-state index contributed by atoms with van der Waals surface area (Å²) >= 11 is 5.93. The van der Waals surface area contributed by atoms with Crippen molar-refractivity contribution in [2.24, 2.45) is 0 Å². The number of unbranched alkanes of at least 4 members (excludes halogenated alkanes) is 1. The molecule has 0 saturated carbocycles. The lowest BCUT2D eigenvalue weighted by Gasteiger charge is -2.09. The molecule has 0 aliphatic carbocycles. The normalized spacial score (nSPS) is 10.2. The summed E-state index contributed by atoms with van der Waals surface area (Å²) in [5.74, 6) is 0.133. The van der Waals surface area contributed by atoms with E-state index < -0.39 is 5.91 Å². The van der Waals surface area contributed by atoms with Crippen molar-refractivity contribution in [1.82, 2.24) is 10.9 Å². The number of hydrazine groups is 1. The third kappa shape index (κ3) is 6.47. The SMILES string of the molecule is Cc1cccc(OCCCCC(=O)NNC(=O)c2ccccc2Cl)c1. The highest BCUT2D eigenvalue weighted by Gasteiger charge is 2.10. The van der Waals surface area contributed by atoms with E-state index in [1.54, 1.807) is 24.3 Å². The topological polar surface area (TPSA) is 67.4 Å². The van der Waals surface area contributed by atoms with Crippen LogP contribution in [0, 0.1) is 6.92 Å². The van der Waals surface area contributed by atoms with Crippen LogP contribution in [0.5, 0.6) is 5.75 Å². The zero-order valence-electron chi connectivity index (χ0n) is 14.0. The number of rotatable bonds is 7. The molecule has 0 radical (unpaired) electrons. The van der Waals surface area contributed by atoms with Crippen molar-refractivity contribution >= 4 is 23.4 Å². The summed E-state index contributed by atoms with van der Waals surface area (Å²) in [6.45, 7) is 2.55. The van der Waals surface area contributed by atoms with Gasteiger partial charge in [0.25, 0.3) is 5.91 Å². The van der Waals surface area contributed by atoms with Gasteiger partial charge in [0.15, 0.2) is 0 Å². The second-order valence-corrected chi connectivity index (χ2v) is 6.01. The standard InChI is InChI=1S/C19H21ClN2O3/c1-14-7-6-8-15(13-14)25-12-5-4-11-18(23)21-22-19(24)16-9-2-3-10-17(16)20/h2-3,6-10,13H,4-5,11-12H2,1H3,(H,21,23)(H,22,24). The van der Waals surface area contributed by atoms with Crippen LogP contribution in [-0.4, -0.2) is 18.4 Å². The summed E-state index contributed by atoms with van der Waals surface area (Å²) in [5, 5.41) is 0.336. The van der Waals surface area contributed by atoms with Crippen LogP contribution < -0.4 is 15.6 Å². The molecular weight excluding hydrogens is 340 g/mol. The zero-order chi connectivity index (χ0) is 18.1. The van der Waals surface area contributed by atoms with E-state index in [4.69, 9.17) is 16.3 Å². The van der Waals surface area contributed by atoms with Gasteiger partial charge in [0.2, 0.25) is 5.91 Å². The Labute approximate surface area is 152 Å². The van der Waals surface area contributed by atoms with Gasteiger partial charge >= 0.3 is 0 Å². The number of aryl methyl sites for hydroxylation is 1. The Hall–Kier alpha value is -2.53. The van der Waals surface area contributed by atoms with Crippen LogP contribution >= 0.6 is 11.6 Å². The quantitative estimate of drug-likeness (QED) is 0.585. The first-order chi connectivity index (χ1) is 12.1. The maximum absolute atomic E-state index is 11.9. The molecule has 132 valence electrons. The van der Waals surface area contributed by atoms with Crippen LogP contribution in [0.1, 0.15) is 35.2 Å². The fourth-order valence-corrected chi connectivity index (χ4v) is 2.41. The Kier molecular flexibility index (Phi) is 7.29. The number of hydrogen-bond acceptors (Lipinski definition) is 3. The largest absolute Gasteiger partial charge is 0.494 e. The summed E-state index contributed by atoms with van der Waals surface area (Å²) in [6, 6.07) is 14.5. The van der Waals surface area contributed by atoms with E-state index >= 15 is 0 Å². The van der Waals surface area contributed by atoms with E-state index in [2.05, 4.69) is 10.9 Å². The van der Waals surface area contributed by atoms with Crippen molar-refractivity contribution in [1.29, 1.82) is 0 Å². The van der Waals surface area contributed by atoms with Crippen molar-refractivity contribution in [3.8, 4) is 5.75 Å². The minimum absolute atomic E-state index is 0.254. The van der Waals surface area contributed by atoms with Gasteiger partial charge in [0, 0.05) is 6.42 Å². The Morgan fingerprint density at radius 3 is 2.60 bits per heavy atom. The lowest BCUT2D eigenvalue weighted by molar-refractivity contribution is -0.122. The first kappa shape index (κ1) is 18.8. The summed E-state index contributed by atoms with van der Waals surface area (Å²) in [7, 11) is 0. The Morgan fingerprint density at radius 1 is 1.04 bits per heavy atom. The molecule has 6 heteroatoms. The Morgan fingerprint density at radius 2 is 1.84 bits per heavy atom. The average Bonchev–Trinajstić information content (AvgIpc) is 2.60. The molecule has 0 aliphatic rings. The van der Waals surface area contributed by atoms with Crippen molar-refractivity contribution in [3.63, 3.8) is 0 Å². The molecule has 0 heterocycles. The third-order valence-electron chi connectivity index (χ3n) is 3.49. The van der Waals surface area contributed by atoms with Gasteiger partial charge in [-0.2, -0.15) is 0 Å². The molecule has 0 spiro atoms. The smallest absolute Gasteiger partial charge is 0.271 e. The minimum atomic E-state index is -0.443. The maximum atomic E-state index is 11.9. The van der Waals surface area contributed by atoms with E-state index in [9.17, 15) is 9.59 Å². The van der Waals surface area contributed by atoms with Gasteiger partial charge in [-0.1, -0.05) is 35.9 Å². The highest BCUT2D eigenvalue weighted by molar-refractivity contribution is 6.33. The minimum Gasteiger partial charge on any atom is -0.494 e. The van der Waals surface area contributed by atoms with Crippen molar-refractivity contribution in [3.05, 3.63) is 64.7 Å². The zero-order valence-corrected chi connectivity index (χ0v) is 14.8. The van der Waals surface area contributed by atoms with Crippen LogP contribution in [0.15, 0.2) is 48.5 Å². The molecule has 0 aromatic heterocycles. The number of carbonyl (C=O) groups is 2. The second-order valence-electron chi connectivity index (χ2n) is 5.60. The van der Waals surface area contributed by atoms with E-state index in [1.807, 2.05) is 31.2 Å². The Bertz CT molecular complexity index is 734. The summed E-state index contributed by atoms with van der Waals surface area (Å²) in [5.41, 5.74) is 6.20. The van der Waals surface area contributed by atoms with Crippen LogP contribution in [0.25, 0.3) is 0 Å². The fourth-order valence-electron chi connectivity index (χ4n) is 2.18. The first-order valence-electron chi connectivity index (χ1n) is 8.09. The van der Waals surface area contributed by atoms with Crippen molar-refractivity contribution in [2.75, 3.05) is 6.61 Å². The molecule has 0 bridgehead atoms. The molecule has 0 unspecified atom stereocenters. The molecule has 0 aliphatic heterocycles. The maximum Gasteiger partial charge on any atom is 0.271 e. The third-order valence-corrected chi connectivity index (χ3v) is 3.82. The van der Waals surface area contributed by atoms with Crippen molar-refractivity contribution < 1.29 is 14.3 Å². The van der Waals surface area contributed by atoms with Crippen LogP contribution in [0.2, 0.25) is 5.02 Å². The molecule has 2 rings (SSSR count). The van der Waals surface area contributed by atoms with E-state index in [0.29, 0.717) is 30.0 Å². The molecule has 0 fully saturated rings. The Balaban J connectivity index is 1.61. The van der Waals surface area contributed by atoms with Gasteiger partial charge in [-0.3, -0.25) is 20.4 Å². The van der Waals surface area contributed by atoms with Crippen molar-refractivity contribution in [2.45, 2.75) is 26.2 Å². The molecule has 5 nitrogen and oxygen atoms in total. The molecule has 2 aromatic carbocycles. The number of nitrogens with one attached hydrogen (secondary N) is 2. The van der Waals surface area contributed by atoms with Crippen LogP contribution in [0.4, 0.5) is 0 Å². The molecular formula is C19H21ClN2O3. The number of ether oxygens (including phenoxy) is 1. The number of carbonyl (C=O) groups excluding carboxylic acids is 2. The number of halogens is 1. The van der Waals surface area contributed by atoms with Gasteiger partial charge in [0.1, 0.15) is 5.75 Å².